The third-order valence-corrected chi connectivity index (χ3v) is 2.29. The van der Waals surface area contributed by atoms with Gasteiger partial charge in [-0.3, -0.25) is 4.98 Å². The Bertz CT molecular complexity index is 223. The van der Waals surface area contributed by atoms with Crippen molar-refractivity contribution in [3.8, 4) is 0 Å². The summed E-state index contributed by atoms with van der Waals surface area (Å²) in [7, 11) is 0. The Hall–Kier alpha value is -0.0700. The molecule has 1 atom stereocenters. The quantitative estimate of drug-likeness (QED) is 0.808. The van der Waals surface area contributed by atoms with E-state index in [4.69, 9.17) is 5.11 Å². The molecule has 0 saturated heterocycles. The molecule has 0 aromatic carbocycles. The summed E-state index contributed by atoms with van der Waals surface area (Å²) in [4.78, 5) is 0.428. The fraction of sp³-hybridized carbons (Fsp3) is 0.400. The highest BCUT2D eigenvalue weighted by atomic mass is 79.9. The molecule has 6 heteroatoms. The average molecular weight is 244 g/mol. The van der Waals surface area contributed by atoms with Gasteiger partial charge in [0.25, 0.3) is 0 Å². The fourth-order valence-electron chi connectivity index (χ4n) is 0.522. The third kappa shape index (κ3) is 2.18. The van der Waals surface area contributed by atoms with Gasteiger partial charge in [0.1, 0.15) is 0 Å². The predicted molar refractivity (Wildman–Crippen MR) is 40.9 cm³/mol. The third-order valence-electron chi connectivity index (χ3n) is 1.03. The van der Waals surface area contributed by atoms with E-state index >= 15 is 0 Å². The molecule has 0 radical (unpaired) electrons. The zero-order valence-electron chi connectivity index (χ0n) is 5.17. The number of thiazole rings is 1. The van der Waals surface area contributed by atoms with Crippen LogP contribution in [-0.2, 0) is 0 Å². The lowest BCUT2D eigenvalue weighted by molar-refractivity contribution is -0.0276. The van der Waals surface area contributed by atoms with E-state index in [1.807, 2.05) is 0 Å². The maximum Gasteiger partial charge on any atom is 0.331 e. The van der Waals surface area contributed by atoms with Crippen LogP contribution in [0.25, 0.3) is 0 Å². The van der Waals surface area contributed by atoms with Crippen molar-refractivity contribution < 1.29 is 13.9 Å². The van der Waals surface area contributed by atoms with E-state index in [1.165, 1.54) is 11.7 Å². The lowest BCUT2D eigenvalue weighted by Gasteiger charge is -2.13. The van der Waals surface area contributed by atoms with Crippen molar-refractivity contribution in [3.05, 3.63) is 16.6 Å². The largest absolute Gasteiger partial charge is 0.380 e. The van der Waals surface area contributed by atoms with Crippen molar-refractivity contribution in [1.82, 2.24) is 4.98 Å². The molecule has 0 aliphatic rings. The van der Waals surface area contributed by atoms with Crippen LogP contribution in [-0.4, -0.2) is 14.9 Å². The summed E-state index contributed by atoms with van der Waals surface area (Å²) in [6, 6.07) is 0. The average Bonchev–Trinajstić information content (AvgIpc) is 2.34. The van der Waals surface area contributed by atoms with Crippen LogP contribution in [0.1, 0.15) is 11.0 Å². The monoisotopic (exact) mass is 243 g/mol. The van der Waals surface area contributed by atoms with Gasteiger partial charge in [-0.1, -0.05) is 0 Å². The number of rotatable bonds is 2. The van der Waals surface area contributed by atoms with Crippen molar-refractivity contribution in [2.45, 2.75) is 10.9 Å². The van der Waals surface area contributed by atoms with E-state index in [-0.39, 0.29) is 4.88 Å². The normalized spacial score (nSPS) is 14.9. The minimum absolute atomic E-state index is 0.145. The van der Waals surface area contributed by atoms with Crippen molar-refractivity contribution in [3.63, 3.8) is 0 Å². The number of hydrogen-bond donors (Lipinski definition) is 1. The molecule has 0 spiro atoms. The SMILES string of the molecule is OC(c1cncs1)C(F)(F)Br. The van der Waals surface area contributed by atoms with Gasteiger partial charge in [-0.2, -0.15) is 8.78 Å². The zero-order valence-corrected chi connectivity index (χ0v) is 7.57. The summed E-state index contributed by atoms with van der Waals surface area (Å²) in [5.74, 6) is 0. The maximum absolute atomic E-state index is 12.3. The van der Waals surface area contributed by atoms with Crippen molar-refractivity contribution in [2.24, 2.45) is 0 Å². The summed E-state index contributed by atoms with van der Waals surface area (Å²) in [5, 5.41) is 8.92. The van der Waals surface area contributed by atoms with Crippen LogP contribution < -0.4 is 0 Å². The number of aliphatic hydroxyl groups is 1. The second-order valence-corrected chi connectivity index (χ2v) is 3.82. The van der Waals surface area contributed by atoms with Crippen LogP contribution in [0.15, 0.2) is 11.7 Å². The summed E-state index contributed by atoms with van der Waals surface area (Å²) in [6.07, 6.45) is -0.597. The molecule has 0 amide bonds. The Morgan fingerprint density at radius 3 is 2.73 bits per heavy atom. The first-order valence-electron chi connectivity index (χ1n) is 2.65. The Labute approximate surface area is 74.0 Å². The van der Waals surface area contributed by atoms with Crippen LogP contribution >= 0.6 is 27.3 Å². The van der Waals surface area contributed by atoms with Crippen molar-refractivity contribution >= 4 is 27.3 Å². The number of halogens is 3. The topological polar surface area (TPSA) is 33.1 Å². The summed E-state index contributed by atoms with van der Waals surface area (Å²) >= 11 is 3.05. The van der Waals surface area contributed by atoms with Crippen LogP contribution in [0.5, 0.6) is 0 Å². The highest BCUT2D eigenvalue weighted by Crippen LogP contribution is 2.37. The second kappa shape index (κ2) is 3.12. The van der Waals surface area contributed by atoms with E-state index < -0.39 is 10.9 Å². The van der Waals surface area contributed by atoms with Gasteiger partial charge < -0.3 is 5.11 Å². The minimum Gasteiger partial charge on any atom is -0.380 e. The minimum atomic E-state index is -3.28. The summed E-state index contributed by atoms with van der Waals surface area (Å²) < 4.78 is 24.6. The molecule has 0 aliphatic carbocycles. The summed E-state index contributed by atoms with van der Waals surface area (Å²) in [5.41, 5.74) is 1.39. The Kier molecular flexibility index (Phi) is 2.56. The molecule has 1 rings (SSSR count). The Morgan fingerprint density at radius 2 is 2.36 bits per heavy atom. The van der Waals surface area contributed by atoms with Gasteiger partial charge >= 0.3 is 4.83 Å². The fourth-order valence-corrected chi connectivity index (χ4v) is 1.56. The van der Waals surface area contributed by atoms with Crippen molar-refractivity contribution in [1.29, 1.82) is 0 Å². The van der Waals surface area contributed by atoms with Gasteiger partial charge in [0, 0.05) is 6.20 Å². The van der Waals surface area contributed by atoms with Gasteiger partial charge in [0.15, 0.2) is 6.10 Å². The molecule has 1 aromatic heterocycles. The number of aliphatic hydroxyl groups excluding tert-OH is 1. The molecule has 62 valence electrons. The number of hydrogen-bond acceptors (Lipinski definition) is 3. The van der Waals surface area contributed by atoms with Gasteiger partial charge in [0.05, 0.1) is 10.4 Å². The van der Waals surface area contributed by atoms with E-state index in [1.54, 1.807) is 0 Å². The highest BCUT2D eigenvalue weighted by molar-refractivity contribution is 9.10. The predicted octanol–water partition coefficient (Wildman–Crippen LogP) is 2.16. The summed E-state index contributed by atoms with van der Waals surface area (Å²) in [6.45, 7) is 0. The molecule has 1 heterocycles. The molecule has 1 aromatic rings. The van der Waals surface area contributed by atoms with Crippen LogP contribution in [0, 0.1) is 0 Å². The van der Waals surface area contributed by atoms with Gasteiger partial charge in [-0.25, -0.2) is 0 Å². The molecule has 0 fully saturated rings. The smallest absolute Gasteiger partial charge is 0.331 e. The van der Waals surface area contributed by atoms with Gasteiger partial charge in [-0.15, -0.1) is 11.3 Å². The lowest BCUT2D eigenvalue weighted by Crippen LogP contribution is -2.16. The highest BCUT2D eigenvalue weighted by Gasteiger charge is 2.36. The van der Waals surface area contributed by atoms with E-state index in [2.05, 4.69) is 20.9 Å². The molecule has 11 heavy (non-hydrogen) atoms. The van der Waals surface area contributed by atoms with E-state index in [0.29, 0.717) is 0 Å². The molecule has 2 nitrogen and oxygen atoms in total. The van der Waals surface area contributed by atoms with Crippen molar-refractivity contribution in [2.75, 3.05) is 0 Å². The van der Waals surface area contributed by atoms with E-state index in [9.17, 15) is 8.78 Å². The standard InChI is InChI=1S/C5H4BrF2NOS/c6-5(7,8)4(10)3-1-9-2-11-3/h1-2,4,10H. The molecular formula is C5H4BrF2NOS. The molecule has 0 aliphatic heterocycles. The van der Waals surface area contributed by atoms with Crippen LogP contribution in [0.3, 0.4) is 0 Å². The first kappa shape index (κ1) is 9.02. The Morgan fingerprint density at radius 1 is 1.73 bits per heavy atom. The van der Waals surface area contributed by atoms with Gasteiger partial charge in [0.2, 0.25) is 0 Å². The number of nitrogens with zero attached hydrogens (tertiary/aromatic N) is 1. The Balaban J connectivity index is 2.78. The second-order valence-electron chi connectivity index (χ2n) is 1.85. The maximum atomic E-state index is 12.3. The van der Waals surface area contributed by atoms with E-state index in [0.717, 1.165) is 11.3 Å². The van der Waals surface area contributed by atoms with Gasteiger partial charge in [-0.05, 0) is 15.9 Å². The number of aromatic nitrogens is 1. The molecule has 1 unspecified atom stereocenters. The number of alkyl halides is 3. The lowest BCUT2D eigenvalue weighted by atomic mass is 10.3. The molecule has 1 N–H and O–H groups in total. The van der Waals surface area contributed by atoms with Crippen LogP contribution in [0.4, 0.5) is 8.78 Å². The zero-order chi connectivity index (χ0) is 8.48. The first-order chi connectivity index (χ1) is 5.02. The molecule has 0 saturated carbocycles. The molecule has 0 bridgehead atoms. The van der Waals surface area contributed by atoms with Crippen LogP contribution in [0.2, 0.25) is 0 Å². The first-order valence-corrected chi connectivity index (χ1v) is 4.32. The molecular weight excluding hydrogens is 240 g/mol.